The average Bonchev–Trinajstić information content (AvgIpc) is 2.32. The summed E-state index contributed by atoms with van der Waals surface area (Å²) >= 11 is 0. The molecular formula is C13H19F2NO. The zero-order valence-corrected chi connectivity index (χ0v) is 10.1. The number of benzene rings is 1. The van der Waals surface area contributed by atoms with Crippen LogP contribution in [0.15, 0.2) is 18.2 Å². The molecule has 0 aliphatic carbocycles. The number of nitrogens with one attached hydrogen (secondary N) is 1. The van der Waals surface area contributed by atoms with E-state index in [-0.39, 0.29) is 0 Å². The molecule has 96 valence electrons. The molecule has 1 rings (SSSR count). The van der Waals surface area contributed by atoms with Crippen molar-refractivity contribution in [3.05, 3.63) is 35.4 Å². The Kier molecular flexibility index (Phi) is 6.74. The topological polar surface area (TPSA) is 21.3 Å². The van der Waals surface area contributed by atoms with E-state index in [1.807, 2.05) is 0 Å². The van der Waals surface area contributed by atoms with Crippen LogP contribution in [-0.4, -0.2) is 19.8 Å². The van der Waals surface area contributed by atoms with Crippen molar-refractivity contribution in [2.45, 2.75) is 26.3 Å². The molecule has 0 aliphatic rings. The Morgan fingerprint density at radius 1 is 1.18 bits per heavy atom. The molecule has 1 aromatic rings. The Hall–Kier alpha value is -1.00. The van der Waals surface area contributed by atoms with E-state index in [9.17, 15) is 8.78 Å². The van der Waals surface area contributed by atoms with Gasteiger partial charge in [-0.15, -0.1) is 0 Å². The third-order valence-electron chi connectivity index (χ3n) is 2.30. The number of hydrogen-bond donors (Lipinski definition) is 1. The molecule has 0 amide bonds. The van der Waals surface area contributed by atoms with Crippen LogP contribution in [-0.2, 0) is 11.3 Å². The fraction of sp³-hybridized carbons (Fsp3) is 0.538. The predicted molar refractivity (Wildman–Crippen MR) is 63.8 cm³/mol. The van der Waals surface area contributed by atoms with Crippen LogP contribution in [0.1, 0.15) is 25.3 Å². The van der Waals surface area contributed by atoms with Crippen molar-refractivity contribution < 1.29 is 13.5 Å². The van der Waals surface area contributed by atoms with E-state index in [1.165, 1.54) is 6.07 Å². The third-order valence-corrected chi connectivity index (χ3v) is 2.30. The molecule has 2 nitrogen and oxygen atoms in total. The van der Waals surface area contributed by atoms with Gasteiger partial charge in [-0.25, -0.2) is 8.78 Å². The van der Waals surface area contributed by atoms with Gasteiger partial charge in [-0.1, -0.05) is 13.0 Å². The fourth-order valence-electron chi connectivity index (χ4n) is 1.43. The molecule has 0 aromatic heterocycles. The minimum absolute atomic E-state index is 0.547. The highest BCUT2D eigenvalue weighted by Gasteiger charge is 2.01. The highest BCUT2D eigenvalue weighted by molar-refractivity contribution is 5.17. The van der Waals surface area contributed by atoms with E-state index in [2.05, 4.69) is 12.2 Å². The largest absolute Gasteiger partial charge is 0.381 e. The molecule has 0 radical (unpaired) electrons. The molecule has 0 atom stereocenters. The number of halogens is 2. The maximum atomic E-state index is 12.9. The zero-order valence-electron chi connectivity index (χ0n) is 10.1. The van der Waals surface area contributed by atoms with Crippen molar-refractivity contribution in [2.24, 2.45) is 0 Å². The highest BCUT2D eigenvalue weighted by Crippen LogP contribution is 2.08. The average molecular weight is 243 g/mol. The number of rotatable bonds is 8. The molecule has 0 unspecified atom stereocenters. The lowest BCUT2D eigenvalue weighted by atomic mass is 10.2. The van der Waals surface area contributed by atoms with Crippen LogP contribution in [0, 0.1) is 11.6 Å². The Labute approximate surface area is 101 Å². The van der Waals surface area contributed by atoms with Gasteiger partial charge in [-0.2, -0.15) is 0 Å². The molecule has 4 heteroatoms. The lowest BCUT2D eigenvalue weighted by Gasteiger charge is -2.06. The second-order valence-electron chi connectivity index (χ2n) is 3.89. The maximum absolute atomic E-state index is 12.9. The molecule has 0 spiro atoms. The van der Waals surface area contributed by atoms with Crippen molar-refractivity contribution in [3.8, 4) is 0 Å². The minimum Gasteiger partial charge on any atom is -0.381 e. The van der Waals surface area contributed by atoms with Crippen LogP contribution in [0.3, 0.4) is 0 Å². The first kappa shape index (κ1) is 14.1. The van der Waals surface area contributed by atoms with E-state index in [4.69, 9.17) is 4.74 Å². The smallest absolute Gasteiger partial charge is 0.159 e. The van der Waals surface area contributed by atoms with Crippen molar-refractivity contribution in [2.75, 3.05) is 19.8 Å². The van der Waals surface area contributed by atoms with Crippen LogP contribution in [0.5, 0.6) is 0 Å². The van der Waals surface area contributed by atoms with Gasteiger partial charge in [0.25, 0.3) is 0 Å². The summed E-state index contributed by atoms with van der Waals surface area (Å²) in [5, 5.41) is 3.16. The van der Waals surface area contributed by atoms with Gasteiger partial charge in [0.1, 0.15) is 0 Å². The van der Waals surface area contributed by atoms with Crippen LogP contribution in [0.2, 0.25) is 0 Å². The lowest BCUT2D eigenvalue weighted by Crippen LogP contribution is -2.16. The zero-order chi connectivity index (χ0) is 12.5. The standard InChI is InChI=1S/C13H19F2NO/c1-2-7-17-8-3-6-16-10-11-4-5-12(14)13(15)9-11/h4-5,9,16H,2-3,6-8,10H2,1H3. The van der Waals surface area contributed by atoms with E-state index >= 15 is 0 Å². The van der Waals surface area contributed by atoms with Gasteiger partial charge >= 0.3 is 0 Å². The quantitative estimate of drug-likeness (QED) is 0.709. The SMILES string of the molecule is CCCOCCCNCc1ccc(F)c(F)c1. The van der Waals surface area contributed by atoms with Gasteiger partial charge in [0.15, 0.2) is 11.6 Å². The Morgan fingerprint density at radius 2 is 2.00 bits per heavy atom. The monoisotopic (exact) mass is 243 g/mol. The summed E-state index contributed by atoms with van der Waals surface area (Å²) in [5.41, 5.74) is 0.748. The normalized spacial score (nSPS) is 10.8. The van der Waals surface area contributed by atoms with Crippen LogP contribution in [0.4, 0.5) is 8.78 Å². The second-order valence-corrected chi connectivity index (χ2v) is 3.89. The van der Waals surface area contributed by atoms with Crippen molar-refractivity contribution in [1.29, 1.82) is 0 Å². The summed E-state index contributed by atoms with van der Waals surface area (Å²) in [6.07, 6.45) is 1.95. The summed E-state index contributed by atoms with van der Waals surface area (Å²) < 4.78 is 30.8. The number of ether oxygens (including phenoxy) is 1. The first-order chi connectivity index (χ1) is 8.24. The van der Waals surface area contributed by atoms with E-state index in [0.717, 1.165) is 44.2 Å². The van der Waals surface area contributed by atoms with Gasteiger partial charge in [0.05, 0.1) is 0 Å². The molecule has 0 heterocycles. The van der Waals surface area contributed by atoms with Gasteiger partial charge in [-0.05, 0) is 37.1 Å². The molecular weight excluding hydrogens is 224 g/mol. The van der Waals surface area contributed by atoms with E-state index in [0.29, 0.717) is 6.54 Å². The van der Waals surface area contributed by atoms with Gasteiger partial charge < -0.3 is 10.1 Å². The van der Waals surface area contributed by atoms with Crippen LogP contribution < -0.4 is 5.32 Å². The Bertz CT molecular complexity index is 331. The Morgan fingerprint density at radius 3 is 2.71 bits per heavy atom. The molecule has 0 aliphatic heterocycles. The summed E-state index contributed by atoms with van der Waals surface area (Å²) in [7, 11) is 0. The van der Waals surface area contributed by atoms with E-state index < -0.39 is 11.6 Å². The minimum atomic E-state index is -0.804. The van der Waals surface area contributed by atoms with Gasteiger partial charge in [0, 0.05) is 19.8 Å². The molecule has 17 heavy (non-hydrogen) atoms. The maximum Gasteiger partial charge on any atom is 0.159 e. The van der Waals surface area contributed by atoms with Gasteiger partial charge in [-0.3, -0.25) is 0 Å². The predicted octanol–water partition coefficient (Wildman–Crippen LogP) is 2.87. The molecule has 1 N–H and O–H groups in total. The molecule has 0 saturated carbocycles. The summed E-state index contributed by atoms with van der Waals surface area (Å²) in [6, 6.07) is 3.95. The third kappa shape index (κ3) is 5.75. The summed E-state index contributed by atoms with van der Waals surface area (Å²) in [5.74, 6) is -1.60. The van der Waals surface area contributed by atoms with Gasteiger partial charge in [0.2, 0.25) is 0 Å². The van der Waals surface area contributed by atoms with Crippen molar-refractivity contribution >= 4 is 0 Å². The summed E-state index contributed by atoms with van der Waals surface area (Å²) in [4.78, 5) is 0. The second kappa shape index (κ2) is 8.14. The van der Waals surface area contributed by atoms with Crippen molar-refractivity contribution in [1.82, 2.24) is 5.32 Å². The lowest BCUT2D eigenvalue weighted by molar-refractivity contribution is 0.132. The van der Waals surface area contributed by atoms with Crippen molar-refractivity contribution in [3.63, 3.8) is 0 Å². The first-order valence-corrected chi connectivity index (χ1v) is 5.96. The molecule has 0 saturated heterocycles. The summed E-state index contributed by atoms with van der Waals surface area (Å²) in [6.45, 7) is 4.96. The first-order valence-electron chi connectivity index (χ1n) is 5.96. The van der Waals surface area contributed by atoms with Crippen LogP contribution in [0.25, 0.3) is 0 Å². The molecule has 0 bridgehead atoms. The number of hydrogen-bond acceptors (Lipinski definition) is 2. The van der Waals surface area contributed by atoms with E-state index in [1.54, 1.807) is 6.07 Å². The molecule has 0 fully saturated rings. The highest BCUT2D eigenvalue weighted by atomic mass is 19.2. The Balaban J connectivity index is 2.11. The fourth-order valence-corrected chi connectivity index (χ4v) is 1.43. The molecule has 1 aromatic carbocycles. The van der Waals surface area contributed by atoms with Crippen LogP contribution >= 0.6 is 0 Å².